The largest absolute Gasteiger partial charge is 0.368 e. The lowest BCUT2D eigenvalue weighted by molar-refractivity contribution is -0.120. The SMILES string of the molecule is CC(C)NC(CCSc1ccc(F)c(F)c1)C(N)=O. The predicted octanol–water partition coefficient (Wildman–Crippen LogP) is 2.30. The minimum Gasteiger partial charge on any atom is -0.368 e. The first kappa shape index (κ1) is 15.9. The number of hydrogen-bond acceptors (Lipinski definition) is 3. The minimum absolute atomic E-state index is 0.158. The lowest BCUT2D eigenvalue weighted by atomic mass is 10.2. The second-order valence-corrected chi connectivity index (χ2v) is 5.66. The van der Waals surface area contributed by atoms with E-state index in [1.165, 1.54) is 17.8 Å². The van der Waals surface area contributed by atoms with Crippen LogP contribution in [-0.2, 0) is 4.79 Å². The molecule has 6 heteroatoms. The van der Waals surface area contributed by atoms with Crippen LogP contribution in [0.4, 0.5) is 8.78 Å². The van der Waals surface area contributed by atoms with Gasteiger partial charge in [-0.25, -0.2) is 8.78 Å². The molecular formula is C13H18F2N2OS. The molecule has 0 aliphatic heterocycles. The number of hydrogen-bond donors (Lipinski definition) is 2. The average Bonchev–Trinajstić information content (AvgIpc) is 2.31. The van der Waals surface area contributed by atoms with Crippen LogP contribution in [0.25, 0.3) is 0 Å². The molecule has 0 aromatic heterocycles. The van der Waals surface area contributed by atoms with Crippen molar-refractivity contribution < 1.29 is 13.6 Å². The molecule has 0 radical (unpaired) electrons. The summed E-state index contributed by atoms with van der Waals surface area (Å²) in [5.74, 6) is -1.53. The summed E-state index contributed by atoms with van der Waals surface area (Å²) in [6.07, 6.45) is 0.539. The molecule has 1 amide bonds. The summed E-state index contributed by atoms with van der Waals surface area (Å²) in [5.41, 5.74) is 5.29. The van der Waals surface area contributed by atoms with E-state index in [2.05, 4.69) is 5.32 Å². The van der Waals surface area contributed by atoms with Crippen LogP contribution < -0.4 is 11.1 Å². The maximum Gasteiger partial charge on any atom is 0.234 e. The van der Waals surface area contributed by atoms with Crippen molar-refractivity contribution in [2.24, 2.45) is 5.73 Å². The number of carbonyl (C=O) groups is 1. The number of amides is 1. The molecule has 3 N–H and O–H groups in total. The van der Waals surface area contributed by atoms with E-state index in [1.54, 1.807) is 0 Å². The summed E-state index contributed by atoms with van der Waals surface area (Å²) >= 11 is 1.36. The van der Waals surface area contributed by atoms with Crippen molar-refractivity contribution in [1.29, 1.82) is 0 Å². The van der Waals surface area contributed by atoms with Gasteiger partial charge in [-0.2, -0.15) is 0 Å². The highest BCUT2D eigenvalue weighted by atomic mass is 32.2. The first-order valence-corrected chi connectivity index (χ1v) is 7.02. The van der Waals surface area contributed by atoms with Crippen molar-refractivity contribution in [2.45, 2.75) is 37.2 Å². The Hall–Kier alpha value is -1.14. The lowest BCUT2D eigenvalue weighted by Crippen LogP contribution is -2.44. The topological polar surface area (TPSA) is 55.1 Å². The second-order valence-electron chi connectivity index (χ2n) is 4.49. The summed E-state index contributed by atoms with van der Waals surface area (Å²) in [6.45, 7) is 3.86. The van der Waals surface area contributed by atoms with Gasteiger partial charge in [-0.1, -0.05) is 13.8 Å². The van der Waals surface area contributed by atoms with E-state index in [9.17, 15) is 13.6 Å². The quantitative estimate of drug-likeness (QED) is 0.757. The van der Waals surface area contributed by atoms with Crippen LogP contribution in [0.1, 0.15) is 20.3 Å². The molecule has 0 heterocycles. The maximum absolute atomic E-state index is 13.0. The standard InChI is InChI=1S/C13H18F2N2OS/c1-8(2)17-12(13(16)18)5-6-19-9-3-4-10(14)11(15)7-9/h3-4,7-8,12,17H,5-6H2,1-2H3,(H2,16,18). The summed E-state index contributed by atoms with van der Waals surface area (Å²) in [7, 11) is 0. The Morgan fingerprint density at radius 2 is 2.05 bits per heavy atom. The lowest BCUT2D eigenvalue weighted by Gasteiger charge is -2.17. The number of nitrogens with two attached hydrogens (primary N) is 1. The number of carbonyl (C=O) groups excluding carboxylic acids is 1. The van der Waals surface area contributed by atoms with Crippen LogP contribution in [0.5, 0.6) is 0 Å². The van der Waals surface area contributed by atoms with Crippen molar-refractivity contribution in [3.63, 3.8) is 0 Å². The van der Waals surface area contributed by atoms with Gasteiger partial charge in [0.2, 0.25) is 5.91 Å². The molecule has 106 valence electrons. The molecule has 0 saturated heterocycles. The molecule has 0 fully saturated rings. The van der Waals surface area contributed by atoms with Gasteiger partial charge in [0.25, 0.3) is 0 Å². The molecule has 1 rings (SSSR count). The van der Waals surface area contributed by atoms with Gasteiger partial charge in [-0.3, -0.25) is 4.79 Å². The molecule has 0 aliphatic rings. The first-order valence-electron chi connectivity index (χ1n) is 6.03. The Bertz CT molecular complexity index is 441. The van der Waals surface area contributed by atoms with Gasteiger partial charge in [-0.15, -0.1) is 11.8 Å². The highest BCUT2D eigenvalue weighted by Gasteiger charge is 2.15. The molecule has 0 bridgehead atoms. The second kappa shape index (κ2) is 7.45. The van der Waals surface area contributed by atoms with Gasteiger partial charge in [0.1, 0.15) is 0 Å². The smallest absolute Gasteiger partial charge is 0.234 e. The molecule has 19 heavy (non-hydrogen) atoms. The van der Waals surface area contributed by atoms with Crippen LogP contribution in [-0.4, -0.2) is 23.7 Å². The van der Waals surface area contributed by atoms with E-state index < -0.39 is 23.6 Å². The molecular weight excluding hydrogens is 270 g/mol. The molecule has 1 atom stereocenters. The summed E-state index contributed by atoms with van der Waals surface area (Å²) in [5, 5.41) is 3.06. The van der Waals surface area contributed by atoms with Crippen LogP contribution in [0.15, 0.2) is 23.1 Å². The number of nitrogens with one attached hydrogen (secondary N) is 1. The number of benzene rings is 1. The fourth-order valence-electron chi connectivity index (χ4n) is 1.57. The molecule has 3 nitrogen and oxygen atoms in total. The van der Waals surface area contributed by atoms with E-state index >= 15 is 0 Å². The van der Waals surface area contributed by atoms with Gasteiger partial charge in [0.05, 0.1) is 6.04 Å². The predicted molar refractivity (Wildman–Crippen MR) is 73.0 cm³/mol. The van der Waals surface area contributed by atoms with Crippen molar-refractivity contribution in [1.82, 2.24) is 5.32 Å². The summed E-state index contributed by atoms with van der Waals surface area (Å²) < 4.78 is 25.7. The van der Waals surface area contributed by atoms with Crippen molar-refractivity contribution >= 4 is 17.7 Å². The molecule has 1 aromatic rings. The van der Waals surface area contributed by atoms with E-state index in [0.29, 0.717) is 17.1 Å². The zero-order chi connectivity index (χ0) is 14.4. The number of primary amides is 1. The highest BCUT2D eigenvalue weighted by Crippen LogP contribution is 2.21. The number of halogens is 2. The fraction of sp³-hybridized carbons (Fsp3) is 0.462. The number of rotatable bonds is 7. The third-order valence-electron chi connectivity index (χ3n) is 2.44. The first-order chi connectivity index (χ1) is 8.90. The monoisotopic (exact) mass is 288 g/mol. The van der Waals surface area contributed by atoms with E-state index in [4.69, 9.17) is 5.73 Å². The zero-order valence-corrected chi connectivity index (χ0v) is 11.8. The molecule has 1 aromatic carbocycles. The highest BCUT2D eigenvalue weighted by molar-refractivity contribution is 7.99. The average molecular weight is 288 g/mol. The van der Waals surface area contributed by atoms with E-state index in [0.717, 1.165) is 12.1 Å². The molecule has 0 aliphatic carbocycles. The molecule has 0 saturated carbocycles. The zero-order valence-electron chi connectivity index (χ0n) is 11.0. The molecule has 1 unspecified atom stereocenters. The van der Waals surface area contributed by atoms with E-state index in [-0.39, 0.29) is 6.04 Å². The van der Waals surface area contributed by atoms with E-state index in [1.807, 2.05) is 13.8 Å². The maximum atomic E-state index is 13.0. The summed E-state index contributed by atoms with van der Waals surface area (Å²) in [4.78, 5) is 11.8. The third-order valence-corrected chi connectivity index (χ3v) is 3.47. The van der Waals surface area contributed by atoms with Gasteiger partial charge in [-0.05, 0) is 30.4 Å². The number of thioether (sulfide) groups is 1. The minimum atomic E-state index is -0.864. The van der Waals surface area contributed by atoms with Crippen molar-refractivity contribution in [3.8, 4) is 0 Å². The van der Waals surface area contributed by atoms with Gasteiger partial charge in [0.15, 0.2) is 11.6 Å². The third kappa shape index (κ3) is 5.57. The Labute approximate surface area is 115 Å². The van der Waals surface area contributed by atoms with Crippen LogP contribution >= 0.6 is 11.8 Å². The Morgan fingerprint density at radius 1 is 1.37 bits per heavy atom. The molecule has 0 spiro atoms. The van der Waals surface area contributed by atoms with Gasteiger partial charge in [0, 0.05) is 10.9 Å². The van der Waals surface area contributed by atoms with Crippen LogP contribution in [0.3, 0.4) is 0 Å². The summed E-state index contributed by atoms with van der Waals surface area (Å²) in [6, 6.07) is 3.51. The van der Waals surface area contributed by atoms with Crippen molar-refractivity contribution in [3.05, 3.63) is 29.8 Å². The fourth-order valence-corrected chi connectivity index (χ4v) is 2.51. The van der Waals surface area contributed by atoms with Gasteiger partial charge >= 0.3 is 0 Å². The Kier molecular flexibility index (Phi) is 6.24. The van der Waals surface area contributed by atoms with Gasteiger partial charge < -0.3 is 11.1 Å². The Morgan fingerprint density at radius 3 is 2.58 bits per heavy atom. The Balaban J connectivity index is 2.47. The van der Waals surface area contributed by atoms with Crippen molar-refractivity contribution in [2.75, 3.05) is 5.75 Å². The van der Waals surface area contributed by atoms with Crippen LogP contribution in [0, 0.1) is 11.6 Å². The normalized spacial score (nSPS) is 12.7. The van der Waals surface area contributed by atoms with Crippen LogP contribution in [0.2, 0.25) is 0 Å².